The topological polar surface area (TPSA) is 229 Å². The number of ether oxygens (including phenoxy) is 4. The van der Waals surface area contributed by atoms with E-state index in [2.05, 4.69) is 19.7 Å². The monoisotopic (exact) mass is 681 g/mol. The minimum Gasteiger partial charge on any atom is -0.593 e. The molecule has 2 aromatic rings. The Labute approximate surface area is 273 Å². The molecule has 0 bridgehead atoms. The van der Waals surface area contributed by atoms with Crippen LogP contribution in [0.4, 0.5) is 5.95 Å². The average molecular weight is 682 g/mol. The van der Waals surface area contributed by atoms with E-state index in [4.69, 9.17) is 29.5 Å². The number of hydroxylamine groups is 1. The zero-order valence-corrected chi connectivity index (χ0v) is 28.0. The van der Waals surface area contributed by atoms with Gasteiger partial charge in [-0.3, -0.25) is 14.2 Å². The number of carbonyl (C=O) groups is 2. The number of rotatable bonds is 12. The van der Waals surface area contributed by atoms with Gasteiger partial charge in [-0.2, -0.15) is 9.97 Å². The number of aromatic nitrogens is 4. The summed E-state index contributed by atoms with van der Waals surface area (Å²) in [4.78, 5) is 58.7. The number of aliphatic hydroxyl groups excluding tert-OH is 1. The summed E-state index contributed by atoms with van der Waals surface area (Å²) in [5.41, 5.74) is 4.39. The second kappa shape index (κ2) is 15.0. The summed E-state index contributed by atoms with van der Waals surface area (Å²) in [6, 6.07) is -2.31. The third kappa shape index (κ3) is 7.82. The van der Waals surface area contributed by atoms with E-state index in [-0.39, 0.29) is 35.2 Å². The first-order chi connectivity index (χ1) is 22.4. The highest BCUT2D eigenvalue weighted by Crippen LogP contribution is 2.41. The average Bonchev–Trinajstić information content (AvgIpc) is 3.76. The Balaban J connectivity index is 1.33. The highest BCUT2D eigenvalue weighted by Gasteiger charge is 2.54. The van der Waals surface area contributed by atoms with Crippen LogP contribution >= 0.6 is 8.09 Å². The second-order valence-electron chi connectivity index (χ2n) is 12.5. The Morgan fingerprint density at radius 2 is 1.77 bits per heavy atom. The molecular weight excluding hydrogens is 637 g/mol. The number of imidazole rings is 1. The van der Waals surface area contributed by atoms with Crippen molar-refractivity contribution in [3.05, 3.63) is 6.33 Å². The molecule has 5 rings (SSSR count). The zero-order chi connectivity index (χ0) is 33.9. The largest absolute Gasteiger partial charge is 0.593 e. The van der Waals surface area contributed by atoms with Crippen molar-refractivity contribution in [1.29, 1.82) is 0 Å². The quantitative estimate of drug-likeness (QED) is 0.164. The summed E-state index contributed by atoms with van der Waals surface area (Å²) in [6.07, 6.45) is 4.82. The maximum Gasteiger partial charge on any atom is 0.335 e. The third-order valence-corrected chi connectivity index (χ3v) is 10.2. The van der Waals surface area contributed by atoms with Crippen LogP contribution in [-0.2, 0) is 28.6 Å². The van der Waals surface area contributed by atoms with Crippen molar-refractivity contribution >= 4 is 37.1 Å². The van der Waals surface area contributed by atoms with E-state index in [1.807, 2.05) is 0 Å². The van der Waals surface area contributed by atoms with Gasteiger partial charge in [0.2, 0.25) is 11.8 Å². The molecule has 2 aliphatic carbocycles. The molecule has 2 aromatic heterocycles. The summed E-state index contributed by atoms with van der Waals surface area (Å²) in [6.45, 7) is 3.82. The van der Waals surface area contributed by atoms with Gasteiger partial charge < -0.3 is 39.8 Å². The van der Waals surface area contributed by atoms with Crippen LogP contribution in [0.5, 0.6) is 5.88 Å². The predicted molar refractivity (Wildman–Crippen MR) is 164 cm³/mol. The number of nitrogens with zero attached hydrogens (tertiary/aromatic N) is 6. The number of fused-ring (bicyclic) bond motifs is 1. The molecule has 260 valence electrons. The molecule has 1 aliphatic heterocycles. The number of aliphatic hydroxyl groups is 2. The van der Waals surface area contributed by atoms with Crippen molar-refractivity contribution in [2.45, 2.75) is 127 Å². The molecule has 4 N–H and O–H groups in total. The molecule has 1 saturated heterocycles. The van der Waals surface area contributed by atoms with Crippen molar-refractivity contribution in [3.63, 3.8) is 0 Å². The predicted octanol–water partition coefficient (Wildman–Crippen LogP) is 1.65. The van der Waals surface area contributed by atoms with Gasteiger partial charge in [-0.05, 0) is 72.1 Å². The van der Waals surface area contributed by atoms with Crippen LogP contribution < -0.4 is 15.4 Å². The van der Waals surface area contributed by atoms with Crippen LogP contribution in [0.25, 0.3) is 11.2 Å². The number of hydrogen-bond acceptors (Lipinski definition) is 15. The van der Waals surface area contributed by atoms with Gasteiger partial charge in [0.15, 0.2) is 29.5 Å². The zero-order valence-electron chi connectivity index (χ0n) is 27.1. The molecule has 0 aromatic carbocycles. The van der Waals surface area contributed by atoms with Crippen LogP contribution in [0, 0.1) is 0 Å². The lowest BCUT2D eigenvalue weighted by molar-refractivity contribution is -0.224. The van der Waals surface area contributed by atoms with E-state index in [1.165, 1.54) is 38.8 Å². The number of anilines is 1. The first-order valence-corrected chi connectivity index (χ1v) is 17.2. The Hall–Kier alpha value is -3.05. The number of carbonyl (C=O) groups excluding carboxylic acids is 2. The van der Waals surface area contributed by atoms with Gasteiger partial charge in [0.1, 0.15) is 36.6 Å². The summed E-state index contributed by atoms with van der Waals surface area (Å²) >= 11 is 0. The minimum absolute atomic E-state index is 0.104. The molecule has 1 unspecified atom stereocenters. The lowest BCUT2D eigenvalue weighted by atomic mass is 9.96. The van der Waals surface area contributed by atoms with Gasteiger partial charge in [0, 0.05) is 4.83 Å². The Bertz CT molecular complexity index is 1450. The fourth-order valence-electron chi connectivity index (χ4n) is 6.11. The molecule has 0 amide bonds. The molecule has 0 radical (unpaired) electrons. The molecule has 3 fully saturated rings. The maximum absolute atomic E-state index is 13.6. The highest BCUT2D eigenvalue weighted by molar-refractivity contribution is 7.36. The molecule has 7 atom stereocenters. The summed E-state index contributed by atoms with van der Waals surface area (Å²) < 4.78 is 28.0. The molecule has 47 heavy (non-hydrogen) atoms. The fourth-order valence-corrected chi connectivity index (χ4v) is 7.16. The van der Waals surface area contributed by atoms with E-state index >= 15 is 0 Å². The van der Waals surface area contributed by atoms with Gasteiger partial charge in [0.25, 0.3) is 8.09 Å². The Morgan fingerprint density at radius 3 is 2.40 bits per heavy atom. The number of nitrogen functional groups attached to an aromatic ring is 1. The van der Waals surface area contributed by atoms with E-state index in [1.54, 1.807) is 0 Å². The molecule has 3 heterocycles. The first kappa shape index (κ1) is 35.3. The minimum atomic E-state index is -2.84. The highest BCUT2D eigenvalue weighted by atomic mass is 31.1. The number of methoxy groups -OCH3 is 1. The number of hydrogen-bond donors (Lipinski definition) is 3. The lowest BCUT2D eigenvalue weighted by Gasteiger charge is -2.27. The van der Waals surface area contributed by atoms with Crippen LogP contribution in [0.3, 0.4) is 0 Å². The maximum atomic E-state index is 13.6. The third-order valence-electron chi connectivity index (χ3n) is 8.85. The smallest absolute Gasteiger partial charge is 0.335 e. The van der Waals surface area contributed by atoms with Crippen LogP contribution in [0.2, 0.25) is 0 Å². The molecule has 18 heteroatoms. The van der Waals surface area contributed by atoms with Crippen LogP contribution in [0.15, 0.2) is 11.1 Å². The second-order valence-corrected chi connectivity index (χ2v) is 13.6. The fraction of sp³-hybridized carbons (Fsp3) is 0.759. The number of nitrogens with two attached hydrogens (primary N) is 1. The van der Waals surface area contributed by atoms with Crippen molar-refractivity contribution in [1.82, 2.24) is 24.4 Å². The SMILES string of the molecule is COc1nc(N)nc2c1ncn2[C@@H]1O[C@H](CON([C@@H](C)C(=O)OC2CCCC2)[P+]([O-])=N[C@@H](C)C(=O)OC2CCCCC2)[C@@H](O)[C@@]1(C)O. The number of esters is 2. The molecule has 17 nitrogen and oxygen atoms in total. The normalized spacial score (nSPS) is 27.3. The first-order valence-electron chi connectivity index (χ1n) is 16.0. The van der Waals surface area contributed by atoms with Crippen LogP contribution in [0.1, 0.15) is 84.8 Å². The Kier molecular flexibility index (Phi) is 11.3. The van der Waals surface area contributed by atoms with Crippen molar-refractivity contribution < 1.29 is 48.5 Å². The summed E-state index contributed by atoms with van der Waals surface area (Å²) in [7, 11) is -1.45. The van der Waals surface area contributed by atoms with E-state index in [0.29, 0.717) is 0 Å². The Morgan fingerprint density at radius 1 is 1.15 bits per heavy atom. The molecule has 3 aliphatic rings. The molecular formula is C29H44N7O10P. The molecule has 2 saturated carbocycles. The van der Waals surface area contributed by atoms with Gasteiger partial charge in [-0.1, -0.05) is 11.2 Å². The van der Waals surface area contributed by atoms with Gasteiger partial charge in [-0.15, -0.1) is 0 Å². The van der Waals surface area contributed by atoms with Gasteiger partial charge in [-0.25, -0.2) is 9.78 Å². The summed E-state index contributed by atoms with van der Waals surface area (Å²) in [5.74, 6) is -1.29. The standard InChI is InChI=1S/C29H44N7O10P/c1-16(25(38)44-18-10-6-5-7-11-18)34-47(41)36(17(2)26(39)45-19-12-8-9-13-19)43-14-20-22(37)29(3,40)27(46-20)35-15-31-21-23(35)32-28(30)33-24(21)42-4/h15-20,22,27,37,40H,5-14H2,1-4H3,(H2,30,32,33)/t16-,17-,20+,22+,27+,29+/m0/s1. The van der Waals surface area contributed by atoms with E-state index in [0.717, 1.165) is 62.6 Å². The van der Waals surface area contributed by atoms with Gasteiger partial charge >= 0.3 is 11.9 Å². The van der Waals surface area contributed by atoms with E-state index < -0.39 is 62.8 Å². The van der Waals surface area contributed by atoms with E-state index in [9.17, 15) is 24.7 Å². The summed E-state index contributed by atoms with van der Waals surface area (Å²) in [5, 5.41) is 22.5. The van der Waals surface area contributed by atoms with Crippen molar-refractivity contribution in [2.75, 3.05) is 19.5 Å². The van der Waals surface area contributed by atoms with Gasteiger partial charge in [0.05, 0.1) is 13.4 Å². The van der Waals surface area contributed by atoms with Crippen molar-refractivity contribution in [3.8, 4) is 5.88 Å². The van der Waals surface area contributed by atoms with Crippen molar-refractivity contribution in [2.24, 2.45) is 4.74 Å². The van der Waals surface area contributed by atoms with Crippen LogP contribution in [-0.4, -0.2) is 102 Å². The molecule has 0 spiro atoms. The lowest BCUT2D eigenvalue weighted by Crippen LogP contribution is -2.45.